The van der Waals surface area contributed by atoms with E-state index in [0.717, 1.165) is 24.8 Å². The molecular weight excluding hydrogens is 228 g/mol. The van der Waals surface area contributed by atoms with Gasteiger partial charge in [-0.3, -0.25) is 0 Å². The molecule has 0 atom stereocenters. The molecule has 0 amide bonds. The molecule has 0 aliphatic carbocycles. The van der Waals surface area contributed by atoms with Crippen molar-refractivity contribution in [2.75, 3.05) is 13.2 Å². The van der Waals surface area contributed by atoms with Gasteiger partial charge in [0.25, 0.3) is 0 Å². The Labute approximate surface area is 109 Å². The van der Waals surface area contributed by atoms with Gasteiger partial charge in [-0.15, -0.1) is 0 Å². The van der Waals surface area contributed by atoms with Crippen molar-refractivity contribution >= 4 is 5.97 Å². The largest absolute Gasteiger partial charge is 0.493 e. The topological polar surface area (TPSA) is 35.5 Å². The van der Waals surface area contributed by atoms with Gasteiger partial charge < -0.3 is 9.47 Å². The molecule has 0 fully saturated rings. The van der Waals surface area contributed by atoms with E-state index in [1.54, 1.807) is 6.92 Å². The zero-order valence-electron chi connectivity index (χ0n) is 11.5. The summed E-state index contributed by atoms with van der Waals surface area (Å²) in [6.45, 7) is 6.87. The standard InChI is InChI=1S/C15H22O3/c1-4-6-7-11-18-13-10-8-9-12(3)14(13)15(16)17-5-2/h8-10H,4-7,11H2,1-3H3. The Morgan fingerprint density at radius 1 is 1.22 bits per heavy atom. The second-order valence-electron chi connectivity index (χ2n) is 4.22. The summed E-state index contributed by atoms with van der Waals surface area (Å²) in [7, 11) is 0. The normalized spacial score (nSPS) is 10.2. The van der Waals surface area contributed by atoms with E-state index in [4.69, 9.17) is 9.47 Å². The summed E-state index contributed by atoms with van der Waals surface area (Å²) in [6.07, 6.45) is 3.30. The van der Waals surface area contributed by atoms with Crippen molar-refractivity contribution in [3.63, 3.8) is 0 Å². The third-order valence-electron chi connectivity index (χ3n) is 2.72. The number of hydrogen-bond donors (Lipinski definition) is 0. The Morgan fingerprint density at radius 3 is 2.67 bits per heavy atom. The first-order valence-corrected chi connectivity index (χ1v) is 6.60. The lowest BCUT2D eigenvalue weighted by molar-refractivity contribution is 0.0520. The van der Waals surface area contributed by atoms with Crippen molar-refractivity contribution in [2.24, 2.45) is 0 Å². The number of unbranched alkanes of at least 4 members (excludes halogenated alkanes) is 2. The van der Waals surface area contributed by atoms with Crippen LogP contribution in [0.3, 0.4) is 0 Å². The van der Waals surface area contributed by atoms with E-state index >= 15 is 0 Å². The van der Waals surface area contributed by atoms with Gasteiger partial charge in [0.1, 0.15) is 11.3 Å². The van der Waals surface area contributed by atoms with Crippen LogP contribution in [0.5, 0.6) is 5.75 Å². The van der Waals surface area contributed by atoms with Crippen LogP contribution in [-0.2, 0) is 4.74 Å². The lowest BCUT2D eigenvalue weighted by Crippen LogP contribution is -2.10. The molecule has 1 aromatic carbocycles. The number of aryl methyl sites for hydroxylation is 1. The molecule has 100 valence electrons. The highest BCUT2D eigenvalue weighted by Crippen LogP contribution is 2.23. The number of carbonyl (C=O) groups is 1. The molecule has 1 aromatic rings. The fourth-order valence-electron chi connectivity index (χ4n) is 1.76. The van der Waals surface area contributed by atoms with Crippen molar-refractivity contribution in [3.05, 3.63) is 29.3 Å². The smallest absolute Gasteiger partial charge is 0.342 e. The van der Waals surface area contributed by atoms with Crippen LogP contribution in [-0.4, -0.2) is 19.2 Å². The Balaban J connectivity index is 2.77. The van der Waals surface area contributed by atoms with E-state index in [9.17, 15) is 4.79 Å². The maximum Gasteiger partial charge on any atom is 0.342 e. The van der Waals surface area contributed by atoms with Crippen LogP contribution in [0.15, 0.2) is 18.2 Å². The summed E-state index contributed by atoms with van der Waals surface area (Å²) in [5.74, 6) is 0.325. The van der Waals surface area contributed by atoms with Crippen molar-refractivity contribution in [2.45, 2.75) is 40.0 Å². The van der Waals surface area contributed by atoms with Gasteiger partial charge in [0, 0.05) is 0 Å². The van der Waals surface area contributed by atoms with E-state index in [0.29, 0.717) is 24.5 Å². The van der Waals surface area contributed by atoms with Crippen LogP contribution in [0.1, 0.15) is 49.0 Å². The average molecular weight is 250 g/mol. The molecule has 0 saturated carbocycles. The number of carbonyl (C=O) groups excluding carboxylic acids is 1. The van der Waals surface area contributed by atoms with Gasteiger partial charge in [-0.25, -0.2) is 4.79 Å². The quantitative estimate of drug-likeness (QED) is 0.546. The first kappa shape index (κ1) is 14.6. The molecular formula is C15H22O3. The number of esters is 1. The van der Waals surface area contributed by atoms with Crippen LogP contribution < -0.4 is 4.74 Å². The highest BCUT2D eigenvalue weighted by molar-refractivity contribution is 5.94. The molecule has 0 radical (unpaired) electrons. The van der Waals surface area contributed by atoms with Crippen molar-refractivity contribution in [1.29, 1.82) is 0 Å². The Bertz CT molecular complexity index is 385. The molecule has 0 aliphatic rings. The summed E-state index contributed by atoms with van der Waals surface area (Å²) < 4.78 is 10.7. The maximum atomic E-state index is 11.9. The van der Waals surface area contributed by atoms with Gasteiger partial charge in [-0.05, 0) is 31.9 Å². The zero-order valence-corrected chi connectivity index (χ0v) is 11.5. The van der Waals surface area contributed by atoms with Gasteiger partial charge >= 0.3 is 5.97 Å². The molecule has 0 aliphatic heterocycles. The van der Waals surface area contributed by atoms with Crippen LogP contribution >= 0.6 is 0 Å². The summed E-state index contributed by atoms with van der Waals surface area (Å²) in [5, 5.41) is 0. The van der Waals surface area contributed by atoms with Gasteiger partial charge in [-0.1, -0.05) is 31.9 Å². The van der Waals surface area contributed by atoms with Crippen molar-refractivity contribution < 1.29 is 14.3 Å². The van der Waals surface area contributed by atoms with E-state index in [1.807, 2.05) is 25.1 Å². The monoisotopic (exact) mass is 250 g/mol. The van der Waals surface area contributed by atoms with E-state index in [-0.39, 0.29) is 5.97 Å². The Hall–Kier alpha value is -1.51. The fourth-order valence-corrected chi connectivity index (χ4v) is 1.76. The summed E-state index contributed by atoms with van der Waals surface area (Å²) in [6, 6.07) is 5.61. The lowest BCUT2D eigenvalue weighted by atomic mass is 10.1. The minimum Gasteiger partial charge on any atom is -0.493 e. The van der Waals surface area contributed by atoms with E-state index < -0.39 is 0 Å². The number of ether oxygens (including phenoxy) is 2. The second kappa shape index (κ2) is 7.75. The summed E-state index contributed by atoms with van der Waals surface area (Å²) in [5.41, 5.74) is 1.44. The number of rotatable bonds is 7. The fraction of sp³-hybridized carbons (Fsp3) is 0.533. The molecule has 1 rings (SSSR count). The molecule has 0 aromatic heterocycles. The lowest BCUT2D eigenvalue weighted by Gasteiger charge is -2.12. The van der Waals surface area contributed by atoms with Gasteiger partial charge in [-0.2, -0.15) is 0 Å². The van der Waals surface area contributed by atoms with Gasteiger partial charge in [0.05, 0.1) is 13.2 Å². The van der Waals surface area contributed by atoms with Crippen LogP contribution in [0, 0.1) is 6.92 Å². The molecule has 0 spiro atoms. The predicted molar refractivity (Wildman–Crippen MR) is 72.2 cm³/mol. The molecule has 0 bridgehead atoms. The molecule has 3 nitrogen and oxygen atoms in total. The zero-order chi connectivity index (χ0) is 13.4. The molecule has 3 heteroatoms. The minimum absolute atomic E-state index is 0.305. The van der Waals surface area contributed by atoms with E-state index in [2.05, 4.69) is 6.92 Å². The average Bonchev–Trinajstić information content (AvgIpc) is 2.35. The van der Waals surface area contributed by atoms with Crippen LogP contribution in [0.4, 0.5) is 0 Å². The molecule has 0 unspecified atom stereocenters. The number of benzene rings is 1. The van der Waals surface area contributed by atoms with Gasteiger partial charge in [0.2, 0.25) is 0 Å². The Kier molecular flexibility index (Phi) is 6.26. The van der Waals surface area contributed by atoms with E-state index in [1.165, 1.54) is 0 Å². The van der Waals surface area contributed by atoms with Crippen molar-refractivity contribution in [3.8, 4) is 5.75 Å². The molecule has 0 N–H and O–H groups in total. The Morgan fingerprint density at radius 2 is 2.00 bits per heavy atom. The SMILES string of the molecule is CCCCCOc1cccc(C)c1C(=O)OCC. The first-order chi connectivity index (χ1) is 8.70. The van der Waals surface area contributed by atoms with Crippen molar-refractivity contribution in [1.82, 2.24) is 0 Å². The third kappa shape index (κ3) is 4.06. The molecule has 0 saturated heterocycles. The highest BCUT2D eigenvalue weighted by atomic mass is 16.5. The van der Waals surface area contributed by atoms with Gasteiger partial charge in [0.15, 0.2) is 0 Å². The molecule has 0 heterocycles. The summed E-state index contributed by atoms with van der Waals surface area (Å²) >= 11 is 0. The van der Waals surface area contributed by atoms with Crippen LogP contribution in [0.2, 0.25) is 0 Å². The maximum absolute atomic E-state index is 11.9. The molecule has 18 heavy (non-hydrogen) atoms. The van der Waals surface area contributed by atoms with Crippen LogP contribution in [0.25, 0.3) is 0 Å². The predicted octanol–water partition coefficient (Wildman–Crippen LogP) is 3.74. The summed E-state index contributed by atoms with van der Waals surface area (Å²) in [4.78, 5) is 11.9. The first-order valence-electron chi connectivity index (χ1n) is 6.60. The third-order valence-corrected chi connectivity index (χ3v) is 2.72. The minimum atomic E-state index is -0.305. The number of hydrogen-bond acceptors (Lipinski definition) is 3. The second-order valence-corrected chi connectivity index (χ2v) is 4.22. The highest BCUT2D eigenvalue weighted by Gasteiger charge is 2.16.